The molecule has 0 saturated carbocycles. The second kappa shape index (κ2) is 3.87. The highest BCUT2D eigenvalue weighted by Gasteiger charge is 2.08. The number of aryl methyl sites for hydroxylation is 2. The van der Waals surface area contributed by atoms with E-state index < -0.39 is 5.95 Å². The third-order valence-electron chi connectivity index (χ3n) is 3.03. The normalized spacial score (nSPS) is 11.1. The van der Waals surface area contributed by atoms with E-state index in [0.29, 0.717) is 5.82 Å². The van der Waals surface area contributed by atoms with Gasteiger partial charge in [0.05, 0.1) is 11.0 Å². The summed E-state index contributed by atoms with van der Waals surface area (Å²) in [4.78, 5) is 11.8. The maximum absolute atomic E-state index is 13.1. The predicted octanol–water partition coefficient (Wildman–Crippen LogP) is 2.57. The van der Waals surface area contributed by atoms with E-state index in [1.165, 1.54) is 23.5 Å². The zero-order valence-electron chi connectivity index (χ0n) is 10.1. The van der Waals surface area contributed by atoms with Crippen LogP contribution in [-0.2, 0) is 0 Å². The number of nitrogens with zero attached hydrogens (tertiary/aromatic N) is 4. The second-order valence-electron chi connectivity index (χ2n) is 4.24. The number of hydrogen-bond donors (Lipinski definition) is 0. The van der Waals surface area contributed by atoms with E-state index in [9.17, 15) is 4.39 Å². The minimum Gasteiger partial charge on any atom is -0.283 e. The average molecular weight is 242 g/mol. The topological polar surface area (TPSA) is 43.6 Å². The molecule has 0 fully saturated rings. The van der Waals surface area contributed by atoms with E-state index in [-0.39, 0.29) is 0 Å². The third kappa shape index (κ3) is 1.64. The molecule has 2 aromatic heterocycles. The molecule has 3 aromatic rings. The third-order valence-corrected chi connectivity index (χ3v) is 3.03. The summed E-state index contributed by atoms with van der Waals surface area (Å²) >= 11 is 0. The number of benzene rings is 1. The number of aromatic nitrogens is 4. The van der Waals surface area contributed by atoms with Gasteiger partial charge in [-0.15, -0.1) is 0 Å². The molecular formula is C13H11FN4. The van der Waals surface area contributed by atoms with Gasteiger partial charge in [-0.1, -0.05) is 0 Å². The molecule has 0 atom stereocenters. The molecule has 0 aliphatic rings. The van der Waals surface area contributed by atoms with Crippen molar-refractivity contribution in [1.82, 2.24) is 19.5 Å². The standard InChI is InChI=1S/C13H11FN4/c1-8-3-10-11(4-9(8)2)18(7-17-10)13-5-12(14)15-6-16-13/h3-7H,1-2H3. The maximum Gasteiger partial charge on any atom is 0.218 e. The summed E-state index contributed by atoms with van der Waals surface area (Å²) in [6.07, 6.45) is 2.85. The lowest BCUT2D eigenvalue weighted by molar-refractivity contribution is 0.577. The predicted molar refractivity (Wildman–Crippen MR) is 66.1 cm³/mol. The summed E-state index contributed by atoms with van der Waals surface area (Å²) < 4.78 is 14.9. The summed E-state index contributed by atoms with van der Waals surface area (Å²) in [6.45, 7) is 4.07. The van der Waals surface area contributed by atoms with Crippen LogP contribution in [-0.4, -0.2) is 19.5 Å². The van der Waals surface area contributed by atoms with Gasteiger partial charge in [0.25, 0.3) is 0 Å². The molecule has 0 saturated heterocycles. The molecule has 3 rings (SSSR count). The van der Waals surface area contributed by atoms with Crippen LogP contribution in [0.3, 0.4) is 0 Å². The lowest BCUT2D eigenvalue weighted by Crippen LogP contribution is -1.98. The Balaban J connectivity index is 2.27. The molecule has 0 aliphatic carbocycles. The molecular weight excluding hydrogens is 231 g/mol. The van der Waals surface area contributed by atoms with Crippen LogP contribution in [0.2, 0.25) is 0 Å². The number of hydrogen-bond acceptors (Lipinski definition) is 3. The highest BCUT2D eigenvalue weighted by atomic mass is 19.1. The highest BCUT2D eigenvalue weighted by molar-refractivity contribution is 5.78. The number of fused-ring (bicyclic) bond motifs is 1. The van der Waals surface area contributed by atoms with E-state index >= 15 is 0 Å². The lowest BCUT2D eigenvalue weighted by atomic mass is 10.1. The number of rotatable bonds is 1. The molecule has 0 spiro atoms. The Morgan fingerprint density at radius 1 is 1.00 bits per heavy atom. The molecule has 0 amide bonds. The molecule has 0 aliphatic heterocycles. The molecule has 2 heterocycles. The molecule has 5 heteroatoms. The summed E-state index contributed by atoms with van der Waals surface area (Å²) in [6, 6.07) is 5.33. The Morgan fingerprint density at radius 3 is 2.56 bits per heavy atom. The Morgan fingerprint density at radius 2 is 1.78 bits per heavy atom. The zero-order valence-corrected chi connectivity index (χ0v) is 10.1. The van der Waals surface area contributed by atoms with Crippen LogP contribution in [0, 0.1) is 19.8 Å². The fourth-order valence-corrected chi connectivity index (χ4v) is 1.90. The van der Waals surface area contributed by atoms with Gasteiger partial charge in [-0.25, -0.2) is 15.0 Å². The van der Waals surface area contributed by atoms with Crippen LogP contribution in [0.1, 0.15) is 11.1 Å². The second-order valence-corrected chi connectivity index (χ2v) is 4.24. The van der Waals surface area contributed by atoms with Crippen molar-refractivity contribution < 1.29 is 4.39 Å². The van der Waals surface area contributed by atoms with Crippen LogP contribution in [0.4, 0.5) is 4.39 Å². The molecule has 1 aromatic carbocycles. The Labute approximate surface area is 103 Å². The Kier molecular flexibility index (Phi) is 2.33. The van der Waals surface area contributed by atoms with E-state index in [0.717, 1.165) is 11.0 Å². The van der Waals surface area contributed by atoms with Crippen LogP contribution < -0.4 is 0 Å². The molecule has 0 N–H and O–H groups in total. The van der Waals surface area contributed by atoms with Gasteiger partial charge in [0.2, 0.25) is 5.95 Å². The van der Waals surface area contributed by atoms with Crippen molar-refractivity contribution in [1.29, 1.82) is 0 Å². The van der Waals surface area contributed by atoms with E-state index in [1.807, 2.05) is 26.0 Å². The SMILES string of the molecule is Cc1cc2ncn(-c3cc(F)ncn3)c2cc1C. The first-order valence-corrected chi connectivity index (χ1v) is 5.57. The van der Waals surface area contributed by atoms with Crippen LogP contribution in [0.5, 0.6) is 0 Å². The minimum absolute atomic E-state index is 0.480. The fourth-order valence-electron chi connectivity index (χ4n) is 1.90. The fraction of sp³-hybridized carbons (Fsp3) is 0.154. The van der Waals surface area contributed by atoms with Gasteiger partial charge in [0.15, 0.2) is 0 Å². The molecule has 4 nitrogen and oxygen atoms in total. The number of halogens is 1. The average Bonchev–Trinajstić information content (AvgIpc) is 2.73. The Hall–Kier alpha value is -2.30. The lowest BCUT2D eigenvalue weighted by Gasteiger charge is -2.04. The quantitative estimate of drug-likeness (QED) is 0.616. The highest BCUT2D eigenvalue weighted by Crippen LogP contribution is 2.20. The van der Waals surface area contributed by atoms with E-state index in [2.05, 4.69) is 15.0 Å². The van der Waals surface area contributed by atoms with E-state index in [4.69, 9.17) is 0 Å². The van der Waals surface area contributed by atoms with Crippen LogP contribution >= 0.6 is 0 Å². The first-order valence-electron chi connectivity index (χ1n) is 5.57. The van der Waals surface area contributed by atoms with Crippen molar-refractivity contribution in [3.63, 3.8) is 0 Å². The van der Waals surface area contributed by atoms with Gasteiger partial charge in [0.1, 0.15) is 18.5 Å². The summed E-state index contributed by atoms with van der Waals surface area (Å²) in [5.74, 6) is -0.0704. The van der Waals surface area contributed by atoms with Gasteiger partial charge < -0.3 is 0 Å². The largest absolute Gasteiger partial charge is 0.283 e. The van der Waals surface area contributed by atoms with Crippen LogP contribution in [0.25, 0.3) is 16.9 Å². The van der Waals surface area contributed by atoms with Gasteiger partial charge >= 0.3 is 0 Å². The van der Waals surface area contributed by atoms with Gasteiger partial charge in [-0.2, -0.15) is 4.39 Å². The van der Waals surface area contributed by atoms with Crippen molar-refractivity contribution in [2.45, 2.75) is 13.8 Å². The van der Waals surface area contributed by atoms with Gasteiger partial charge in [0, 0.05) is 6.07 Å². The van der Waals surface area contributed by atoms with Crippen molar-refractivity contribution in [3.05, 3.63) is 47.9 Å². The molecule has 0 unspecified atom stereocenters. The monoisotopic (exact) mass is 242 g/mol. The van der Waals surface area contributed by atoms with Gasteiger partial charge in [-0.05, 0) is 37.1 Å². The first-order chi connectivity index (χ1) is 8.65. The van der Waals surface area contributed by atoms with Crippen molar-refractivity contribution in [2.75, 3.05) is 0 Å². The van der Waals surface area contributed by atoms with Gasteiger partial charge in [-0.3, -0.25) is 4.57 Å². The first kappa shape index (κ1) is 10.8. The van der Waals surface area contributed by atoms with E-state index in [1.54, 1.807) is 10.9 Å². The summed E-state index contributed by atoms with van der Waals surface area (Å²) in [5.41, 5.74) is 4.13. The zero-order chi connectivity index (χ0) is 12.7. The summed E-state index contributed by atoms with van der Waals surface area (Å²) in [7, 11) is 0. The molecule has 0 bridgehead atoms. The molecule has 0 radical (unpaired) electrons. The smallest absolute Gasteiger partial charge is 0.218 e. The van der Waals surface area contributed by atoms with Crippen molar-refractivity contribution in [2.24, 2.45) is 0 Å². The van der Waals surface area contributed by atoms with Crippen LogP contribution in [0.15, 0.2) is 30.9 Å². The van der Waals surface area contributed by atoms with Crippen molar-refractivity contribution in [3.8, 4) is 5.82 Å². The molecule has 18 heavy (non-hydrogen) atoms. The summed E-state index contributed by atoms with van der Waals surface area (Å²) in [5, 5.41) is 0. The molecule has 90 valence electrons. The minimum atomic E-state index is -0.550. The van der Waals surface area contributed by atoms with Crippen molar-refractivity contribution >= 4 is 11.0 Å². The number of imidazole rings is 1. The Bertz CT molecular complexity index is 733. The maximum atomic E-state index is 13.1.